The van der Waals surface area contributed by atoms with Crippen LogP contribution < -0.4 is 14.2 Å². The summed E-state index contributed by atoms with van der Waals surface area (Å²) in [5.41, 5.74) is 3.55. The zero-order valence-corrected chi connectivity index (χ0v) is 26.4. The van der Waals surface area contributed by atoms with Crippen LogP contribution in [-0.4, -0.2) is 66.4 Å². The fourth-order valence-corrected chi connectivity index (χ4v) is 5.52. The standard InChI is InChI=1S/C32H39BrN4O4/c1-8-15-41-29-19-23(18-28(36-29)39-6)32(38,12-14-37(4)5)30(25-11-13-34-21(3)20(25)2)26-17-22-16-24(33)9-10-27(22)35-31(26)40-7/h9-11,13,16-19,30,38H,8,12,14-15H2,1-7H3. The van der Waals surface area contributed by atoms with Crippen molar-refractivity contribution in [1.29, 1.82) is 0 Å². The first-order valence-corrected chi connectivity index (χ1v) is 14.5. The van der Waals surface area contributed by atoms with Crippen molar-refractivity contribution >= 4 is 26.8 Å². The van der Waals surface area contributed by atoms with Crippen LogP contribution in [0.1, 0.15) is 53.6 Å². The number of hydrogen-bond acceptors (Lipinski definition) is 8. The van der Waals surface area contributed by atoms with Gasteiger partial charge >= 0.3 is 0 Å². The molecule has 4 aromatic rings. The largest absolute Gasteiger partial charge is 0.481 e. The summed E-state index contributed by atoms with van der Waals surface area (Å²) in [4.78, 5) is 16.0. The van der Waals surface area contributed by atoms with Gasteiger partial charge in [-0.3, -0.25) is 4.98 Å². The van der Waals surface area contributed by atoms with Gasteiger partial charge in [0.2, 0.25) is 17.6 Å². The molecule has 2 atom stereocenters. The van der Waals surface area contributed by atoms with E-state index in [-0.39, 0.29) is 0 Å². The predicted molar refractivity (Wildman–Crippen MR) is 165 cm³/mol. The van der Waals surface area contributed by atoms with E-state index in [4.69, 9.17) is 19.2 Å². The Labute approximate surface area is 250 Å². The van der Waals surface area contributed by atoms with E-state index in [1.807, 2.05) is 65.2 Å². The highest BCUT2D eigenvalue weighted by molar-refractivity contribution is 9.10. The smallest absolute Gasteiger partial charge is 0.217 e. The van der Waals surface area contributed by atoms with Crippen LogP contribution >= 0.6 is 15.9 Å². The third-order valence-electron chi connectivity index (χ3n) is 7.44. The molecule has 9 heteroatoms. The normalized spacial score (nSPS) is 13.7. The van der Waals surface area contributed by atoms with Crippen LogP contribution in [0.3, 0.4) is 0 Å². The van der Waals surface area contributed by atoms with E-state index in [0.29, 0.717) is 42.8 Å². The van der Waals surface area contributed by atoms with E-state index in [1.54, 1.807) is 26.5 Å². The van der Waals surface area contributed by atoms with E-state index in [2.05, 4.69) is 36.9 Å². The molecule has 0 fully saturated rings. The number of nitrogens with zero attached hydrogens (tertiary/aromatic N) is 4. The minimum Gasteiger partial charge on any atom is -0.481 e. The Morgan fingerprint density at radius 1 is 0.976 bits per heavy atom. The lowest BCUT2D eigenvalue weighted by atomic mass is 9.71. The molecule has 0 radical (unpaired) electrons. The number of aliphatic hydroxyl groups is 1. The molecule has 0 spiro atoms. The molecule has 1 N–H and O–H groups in total. The van der Waals surface area contributed by atoms with Crippen molar-refractivity contribution in [3.63, 3.8) is 0 Å². The Hall–Kier alpha value is -3.27. The van der Waals surface area contributed by atoms with Crippen LogP contribution in [0.25, 0.3) is 10.9 Å². The number of methoxy groups -OCH3 is 2. The number of rotatable bonds is 12. The number of benzene rings is 1. The Morgan fingerprint density at radius 2 is 1.73 bits per heavy atom. The van der Waals surface area contributed by atoms with Gasteiger partial charge in [-0.05, 0) is 87.8 Å². The number of pyridine rings is 3. The number of aromatic nitrogens is 3. The maximum Gasteiger partial charge on any atom is 0.217 e. The fourth-order valence-electron chi connectivity index (χ4n) is 5.14. The molecule has 1 aromatic carbocycles. The molecule has 218 valence electrons. The zero-order valence-electron chi connectivity index (χ0n) is 24.9. The summed E-state index contributed by atoms with van der Waals surface area (Å²) in [6, 6.07) is 13.6. The molecule has 2 unspecified atom stereocenters. The van der Waals surface area contributed by atoms with Crippen LogP contribution in [0.5, 0.6) is 17.6 Å². The lowest BCUT2D eigenvalue weighted by molar-refractivity contribution is 0.00306. The van der Waals surface area contributed by atoms with Crippen LogP contribution in [0, 0.1) is 13.8 Å². The quantitative estimate of drug-likeness (QED) is 0.200. The third kappa shape index (κ3) is 6.63. The number of fused-ring (bicyclic) bond motifs is 1. The van der Waals surface area contributed by atoms with E-state index in [9.17, 15) is 5.11 Å². The Bertz CT molecular complexity index is 1510. The summed E-state index contributed by atoms with van der Waals surface area (Å²) in [6.45, 7) is 7.17. The van der Waals surface area contributed by atoms with Crippen molar-refractivity contribution < 1.29 is 19.3 Å². The van der Waals surface area contributed by atoms with Gasteiger partial charge in [-0.15, -0.1) is 0 Å². The van der Waals surface area contributed by atoms with Crippen molar-refractivity contribution in [3.05, 3.63) is 81.1 Å². The van der Waals surface area contributed by atoms with Crippen molar-refractivity contribution in [3.8, 4) is 17.6 Å². The van der Waals surface area contributed by atoms with Crippen LogP contribution in [0.15, 0.2) is 53.1 Å². The van der Waals surface area contributed by atoms with E-state index in [1.165, 1.54) is 0 Å². The van der Waals surface area contributed by atoms with Crippen molar-refractivity contribution in [2.75, 3.05) is 41.5 Å². The number of hydrogen-bond donors (Lipinski definition) is 1. The highest BCUT2D eigenvalue weighted by atomic mass is 79.9. The molecule has 3 aromatic heterocycles. The number of ether oxygens (including phenoxy) is 3. The van der Waals surface area contributed by atoms with Crippen molar-refractivity contribution in [2.45, 2.75) is 45.1 Å². The summed E-state index contributed by atoms with van der Waals surface area (Å²) < 4.78 is 18.4. The highest BCUT2D eigenvalue weighted by Gasteiger charge is 2.44. The van der Waals surface area contributed by atoms with Gasteiger partial charge < -0.3 is 24.2 Å². The van der Waals surface area contributed by atoms with Crippen LogP contribution in [0.2, 0.25) is 0 Å². The van der Waals surface area contributed by atoms with Gasteiger partial charge in [0.15, 0.2) is 0 Å². The monoisotopic (exact) mass is 622 g/mol. The lowest BCUT2D eigenvalue weighted by Gasteiger charge is -2.39. The maximum atomic E-state index is 13.2. The zero-order chi connectivity index (χ0) is 29.7. The first-order chi connectivity index (χ1) is 19.6. The molecular weight excluding hydrogens is 584 g/mol. The van der Waals surface area contributed by atoms with Gasteiger partial charge in [0.1, 0.15) is 5.60 Å². The SMILES string of the molecule is CCCOc1cc(C(O)(CCN(C)C)C(c2cc3cc(Br)ccc3nc2OC)c2ccnc(C)c2C)cc(OC)n1. The molecule has 0 aliphatic rings. The van der Waals surface area contributed by atoms with Gasteiger partial charge in [0, 0.05) is 51.9 Å². The summed E-state index contributed by atoms with van der Waals surface area (Å²) in [5, 5.41) is 14.1. The second kappa shape index (κ2) is 13.1. The first-order valence-electron chi connectivity index (χ1n) is 13.7. The maximum absolute atomic E-state index is 13.2. The van der Waals surface area contributed by atoms with E-state index in [0.717, 1.165) is 44.2 Å². The topological polar surface area (TPSA) is 89.8 Å². The molecule has 8 nitrogen and oxygen atoms in total. The average Bonchev–Trinajstić information content (AvgIpc) is 2.96. The highest BCUT2D eigenvalue weighted by Crippen LogP contribution is 2.49. The van der Waals surface area contributed by atoms with Crippen molar-refractivity contribution in [2.24, 2.45) is 0 Å². The Morgan fingerprint density at radius 3 is 2.41 bits per heavy atom. The van der Waals surface area contributed by atoms with Gasteiger partial charge in [0.05, 0.1) is 26.3 Å². The summed E-state index contributed by atoms with van der Waals surface area (Å²) in [5.74, 6) is 0.635. The molecule has 3 heterocycles. The van der Waals surface area contributed by atoms with E-state index < -0.39 is 11.5 Å². The molecule has 0 saturated heterocycles. The van der Waals surface area contributed by atoms with Crippen molar-refractivity contribution in [1.82, 2.24) is 19.9 Å². The minimum atomic E-state index is -1.45. The molecule has 0 aliphatic carbocycles. The molecule has 0 aliphatic heterocycles. The first kappa shape index (κ1) is 30.7. The van der Waals surface area contributed by atoms with Gasteiger partial charge in [0.25, 0.3) is 0 Å². The van der Waals surface area contributed by atoms with Gasteiger partial charge in [-0.25, -0.2) is 4.98 Å². The summed E-state index contributed by atoms with van der Waals surface area (Å²) >= 11 is 3.60. The van der Waals surface area contributed by atoms with Crippen LogP contribution in [-0.2, 0) is 5.60 Å². The lowest BCUT2D eigenvalue weighted by Crippen LogP contribution is -2.38. The molecule has 4 rings (SSSR count). The fraction of sp³-hybridized carbons (Fsp3) is 0.406. The molecular formula is C32H39BrN4O4. The van der Waals surface area contributed by atoms with Crippen LogP contribution in [0.4, 0.5) is 0 Å². The van der Waals surface area contributed by atoms with Gasteiger partial charge in [-0.1, -0.05) is 22.9 Å². The third-order valence-corrected chi connectivity index (χ3v) is 7.94. The predicted octanol–water partition coefficient (Wildman–Crippen LogP) is 6.18. The molecule has 0 bridgehead atoms. The number of halogens is 1. The summed E-state index contributed by atoms with van der Waals surface area (Å²) in [6.07, 6.45) is 3.01. The molecule has 0 amide bonds. The number of aryl methyl sites for hydroxylation is 1. The van der Waals surface area contributed by atoms with Gasteiger partial charge in [-0.2, -0.15) is 4.98 Å². The second-order valence-electron chi connectivity index (χ2n) is 10.5. The average molecular weight is 624 g/mol. The second-order valence-corrected chi connectivity index (χ2v) is 11.4. The molecule has 0 saturated carbocycles. The van der Waals surface area contributed by atoms with E-state index >= 15 is 0 Å². The Balaban J connectivity index is 2.09. The minimum absolute atomic E-state index is 0.366. The summed E-state index contributed by atoms with van der Waals surface area (Å²) in [7, 11) is 7.17. The Kier molecular flexibility index (Phi) is 9.84. The molecule has 41 heavy (non-hydrogen) atoms.